The minimum atomic E-state index is -3.15. The second-order valence-corrected chi connectivity index (χ2v) is 10.8. The molecule has 1 aromatic carbocycles. The van der Waals surface area contributed by atoms with Crippen molar-refractivity contribution in [2.75, 3.05) is 26.0 Å². The Labute approximate surface area is 188 Å². The Morgan fingerprint density at radius 2 is 1.91 bits per heavy atom. The first-order valence-electron chi connectivity index (χ1n) is 10.9. The van der Waals surface area contributed by atoms with E-state index in [0.717, 1.165) is 18.7 Å². The number of rotatable bonds is 7. The fourth-order valence-corrected chi connectivity index (χ4v) is 5.19. The first kappa shape index (κ1) is 23.0. The molecule has 9 heteroatoms. The van der Waals surface area contributed by atoms with Crippen LogP contribution in [0.3, 0.4) is 0 Å². The molecule has 0 spiro atoms. The second kappa shape index (κ2) is 9.35. The zero-order valence-electron chi connectivity index (χ0n) is 18.5. The van der Waals surface area contributed by atoms with Gasteiger partial charge >= 0.3 is 0 Å². The summed E-state index contributed by atoms with van der Waals surface area (Å²) in [5, 5.41) is 9.78. The summed E-state index contributed by atoms with van der Waals surface area (Å²) < 4.78 is 36.1. The van der Waals surface area contributed by atoms with E-state index in [1.165, 1.54) is 34.0 Å². The molecule has 8 nitrogen and oxygen atoms in total. The van der Waals surface area contributed by atoms with E-state index in [-0.39, 0.29) is 17.1 Å². The quantitative estimate of drug-likeness (QED) is 0.674. The molecule has 3 heterocycles. The summed E-state index contributed by atoms with van der Waals surface area (Å²) in [5.41, 5.74) is 3.10. The Kier molecular flexibility index (Phi) is 6.71. The number of ether oxygens (including phenoxy) is 1. The van der Waals surface area contributed by atoms with E-state index in [1.807, 2.05) is 18.2 Å². The molecule has 1 fully saturated rings. The lowest BCUT2D eigenvalue weighted by atomic mass is 9.99. The van der Waals surface area contributed by atoms with Crippen LogP contribution in [0, 0.1) is 5.92 Å². The van der Waals surface area contributed by atoms with Crippen molar-refractivity contribution in [3.05, 3.63) is 63.2 Å². The summed E-state index contributed by atoms with van der Waals surface area (Å²) in [6.07, 6.45) is 3.53. The van der Waals surface area contributed by atoms with E-state index in [0.29, 0.717) is 44.8 Å². The highest BCUT2D eigenvalue weighted by molar-refractivity contribution is 7.88. The lowest BCUT2D eigenvalue weighted by Crippen LogP contribution is -2.39. The van der Waals surface area contributed by atoms with Gasteiger partial charge in [-0.15, -0.1) is 0 Å². The van der Waals surface area contributed by atoms with Crippen LogP contribution < -0.4 is 10.2 Å². The SMILES string of the molecule is CC(O)c1ccc2c(c1)CN(Cc1cc(=O)c(OCC3CCN(S(C)(=O)=O)CC3)co1)C2. The van der Waals surface area contributed by atoms with Crippen molar-refractivity contribution in [2.45, 2.75) is 45.5 Å². The van der Waals surface area contributed by atoms with Crippen molar-refractivity contribution in [3.8, 4) is 5.75 Å². The standard InChI is InChI=1S/C23H30N2O6S/c1-16(26)18-3-4-19-11-24(12-20(19)9-18)13-21-10-22(27)23(15-30-21)31-14-17-5-7-25(8-6-17)32(2,28)29/h3-4,9-10,15-17,26H,5-8,11-14H2,1-2H3. The number of piperidine rings is 1. The van der Waals surface area contributed by atoms with Gasteiger partial charge in [-0.25, -0.2) is 12.7 Å². The summed E-state index contributed by atoms with van der Waals surface area (Å²) in [5.74, 6) is 0.972. The van der Waals surface area contributed by atoms with Crippen LogP contribution in [-0.2, 0) is 29.7 Å². The molecule has 0 bridgehead atoms. The number of aliphatic hydroxyl groups is 1. The zero-order chi connectivity index (χ0) is 22.9. The summed E-state index contributed by atoms with van der Waals surface area (Å²) >= 11 is 0. The highest BCUT2D eigenvalue weighted by Gasteiger charge is 2.26. The fraction of sp³-hybridized carbons (Fsp3) is 0.522. The van der Waals surface area contributed by atoms with Gasteiger partial charge in [0.05, 0.1) is 25.5 Å². The third-order valence-corrected chi connectivity index (χ3v) is 7.55. The number of hydrogen-bond acceptors (Lipinski definition) is 7. The number of hydrogen-bond donors (Lipinski definition) is 1. The van der Waals surface area contributed by atoms with Crippen molar-refractivity contribution >= 4 is 10.0 Å². The molecule has 1 N–H and O–H groups in total. The molecule has 1 aromatic heterocycles. The van der Waals surface area contributed by atoms with Gasteiger partial charge in [0.15, 0.2) is 0 Å². The van der Waals surface area contributed by atoms with Gasteiger partial charge in [0.2, 0.25) is 21.2 Å². The molecular formula is C23H30N2O6S. The van der Waals surface area contributed by atoms with E-state index in [2.05, 4.69) is 4.90 Å². The van der Waals surface area contributed by atoms with Gasteiger partial charge < -0.3 is 14.3 Å². The van der Waals surface area contributed by atoms with E-state index in [9.17, 15) is 18.3 Å². The van der Waals surface area contributed by atoms with Gasteiger partial charge in [0.1, 0.15) is 12.0 Å². The molecule has 174 valence electrons. The van der Waals surface area contributed by atoms with Crippen LogP contribution in [0.5, 0.6) is 5.75 Å². The molecule has 0 amide bonds. The van der Waals surface area contributed by atoms with Crippen molar-refractivity contribution < 1.29 is 22.7 Å². The van der Waals surface area contributed by atoms with Gasteiger partial charge in [0, 0.05) is 32.2 Å². The van der Waals surface area contributed by atoms with Gasteiger partial charge in [0.25, 0.3) is 0 Å². The molecule has 0 saturated carbocycles. The predicted molar refractivity (Wildman–Crippen MR) is 120 cm³/mol. The molecule has 1 unspecified atom stereocenters. The Balaban J connectivity index is 1.30. The number of benzene rings is 1. The van der Waals surface area contributed by atoms with E-state index >= 15 is 0 Å². The second-order valence-electron chi connectivity index (χ2n) is 8.84. The van der Waals surface area contributed by atoms with Crippen LogP contribution in [0.4, 0.5) is 0 Å². The molecule has 0 radical (unpaired) electrons. The molecule has 2 aliphatic rings. The molecule has 2 aliphatic heterocycles. The maximum atomic E-state index is 12.5. The van der Waals surface area contributed by atoms with Crippen LogP contribution in [0.25, 0.3) is 0 Å². The maximum Gasteiger partial charge on any atom is 0.227 e. The van der Waals surface area contributed by atoms with E-state index in [1.54, 1.807) is 6.92 Å². The third kappa shape index (κ3) is 5.40. The smallest absolute Gasteiger partial charge is 0.227 e. The molecular weight excluding hydrogens is 432 g/mol. The Morgan fingerprint density at radius 1 is 1.19 bits per heavy atom. The van der Waals surface area contributed by atoms with Crippen molar-refractivity contribution in [1.29, 1.82) is 0 Å². The van der Waals surface area contributed by atoms with E-state index in [4.69, 9.17) is 9.15 Å². The number of fused-ring (bicyclic) bond motifs is 1. The maximum absolute atomic E-state index is 12.5. The summed E-state index contributed by atoms with van der Waals surface area (Å²) in [6.45, 7) is 5.11. The highest BCUT2D eigenvalue weighted by Crippen LogP contribution is 2.27. The van der Waals surface area contributed by atoms with Crippen molar-refractivity contribution in [2.24, 2.45) is 5.92 Å². The van der Waals surface area contributed by atoms with Crippen molar-refractivity contribution in [3.63, 3.8) is 0 Å². The molecule has 1 saturated heterocycles. The lowest BCUT2D eigenvalue weighted by molar-refractivity contribution is 0.180. The average molecular weight is 463 g/mol. The normalized spacial score (nSPS) is 19.1. The Morgan fingerprint density at radius 3 is 2.56 bits per heavy atom. The van der Waals surface area contributed by atoms with Crippen LogP contribution in [0.2, 0.25) is 0 Å². The number of sulfonamides is 1. The Bertz CT molecular complexity index is 1120. The summed E-state index contributed by atoms with van der Waals surface area (Å²) in [4.78, 5) is 14.7. The number of aliphatic hydroxyl groups excluding tert-OH is 1. The lowest BCUT2D eigenvalue weighted by Gasteiger charge is -2.29. The Hall–Kier alpha value is -2.20. The van der Waals surface area contributed by atoms with Crippen LogP contribution >= 0.6 is 0 Å². The van der Waals surface area contributed by atoms with Crippen LogP contribution in [0.1, 0.15) is 48.3 Å². The van der Waals surface area contributed by atoms with Gasteiger partial charge in [-0.2, -0.15) is 0 Å². The van der Waals surface area contributed by atoms with E-state index < -0.39 is 16.1 Å². The largest absolute Gasteiger partial charge is 0.486 e. The first-order chi connectivity index (χ1) is 15.2. The molecule has 1 atom stereocenters. The topological polar surface area (TPSA) is 100 Å². The third-order valence-electron chi connectivity index (χ3n) is 6.25. The van der Waals surface area contributed by atoms with Gasteiger partial charge in [-0.3, -0.25) is 9.69 Å². The minimum absolute atomic E-state index is 0.186. The molecule has 4 rings (SSSR count). The zero-order valence-corrected chi connectivity index (χ0v) is 19.3. The molecule has 2 aromatic rings. The average Bonchev–Trinajstić information content (AvgIpc) is 3.14. The monoisotopic (exact) mass is 462 g/mol. The predicted octanol–water partition coefficient (Wildman–Crippen LogP) is 2.26. The minimum Gasteiger partial charge on any atom is -0.486 e. The summed E-state index contributed by atoms with van der Waals surface area (Å²) in [7, 11) is -3.15. The van der Waals surface area contributed by atoms with Gasteiger partial charge in [-0.05, 0) is 42.4 Å². The molecule has 32 heavy (non-hydrogen) atoms. The summed E-state index contributed by atoms with van der Waals surface area (Å²) in [6, 6.07) is 7.51. The molecule has 0 aliphatic carbocycles. The highest BCUT2D eigenvalue weighted by atomic mass is 32.2. The van der Waals surface area contributed by atoms with Gasteiger partial charge in [-0.1, -0.05) is 18.2 Å². The fourth-order valence-electron chi connectivity index (χ4n) is 4.32. The van der Waals surface area contributed by atoms with Crippen LogP contribution in [0.15, 0.2) is 39.7 Å². The first-order valence-corrected chi connectivity index (χ1v) is 12.8. The van der Waals surface area contributed by atoms with Crippen molar-refractivity contribution in [1.82, 2.24) is 9.21 Å². The number of nitrogens with zero attached hydrogens (tertiary/aromatic N) is 2. The van der Waals surface area contributed by atoms with Crippen LogP contribution in [-0.4, -0.2) is 48.7 Å².